The number of rotatable bonds is 2. The molecule has 1 aromatic carbocycles. The Morgan fingerprint density at radius 3 is 2.65 bits per heavy atom. The van der Waals surface area contributed by atoms with E-state index in [1.54, 1.807) is 19.4 Å². The van der Waals surface area contributed by atoms with E-state index in [1.807, 2.05) is 30.3 Å². The van der Waals surface area contributed by atoms with Crippen LogP contribution in [0.3, 0.4) is 0 Å². The fourth-order valence-corrected chi connectivity index (χ4v) is 2.78. The SMILES string of the molecule is COc1ccccc1-c1c(Cl)nc2cccnc2c1Cl. The van der Waals surface area contributed by atoms with Crippen LogP contribution in [0.5, 0.6) is 5.75 Å². The number of nitrogens with zero attached hydrogens (tertiary/aromatic N) is 2. The Labute approximate surface area is 126 Å². The van der Waals surface area contributed by atoms with Gasteiger partial charge in [-0.25, -0.2) is 4.98 Å². The second kappa shape index (κ2) is 5.27. The van der Waals surface area contributed by atoms with Crippen LogP contribution in [-0.2, 0) is 0 Å². The summed E-state index contributed by atoms with van der Waals surface area (Å²) in [7, 11) is 1.60. The Kier molecular flexibility index (Phi) is 3.47. The molecule has 3 aromatic rings. The molecule has 2 heterocycles. The highest BCUT2D eigenvalue weighted by Gasteiger charge is 2.17. The topological polar surface area (TPSA) is 35.0 Å². The maximum absolute atomic E-state index is 6.47. The van der Waals surface area contributed by atoms with Gasteiger partial charge in [0.2, 0.25) is 0 Å². The van der Waals surface area contributed by atoms with E-state index in [0.717, 1.165) is 5.56 Å². The molecule has 0 aliphatic rings. The maximum Gasteiger partial charge on any atom is 0.139 e. The van der Waals surface area contributed by atoms with Crippen molar-refractivity contribution < 1.29 is 4.74 Å². The van der Waals surface area contributed by atoms with E-state index in [-0.39, 0.29) is 0 Å². The van der Waals surface area contributed by atoms with Gasteiger partial charge in [0, 0.05) is 17.3 Å². The number of methoxy groups -OCH3 is 1. The molecular weight excluding hydrogens is 295 g/mol. The molecule has 0 unspecified atom stereocenters. The molecule has 3 nitrogen and oxygen atoms in total. The van der Waals surface area contributed by atoms with Crippen LogP contribution < -0.4 is 4.74 Å². The smallest absolute Gasteiger partial charge is 0.139 e. The molecule has 0 bridgehead atoms. The van der Waals surface area contributed by atoms with Crippen molar-refractivity contribution in [3.63, 3.8) is 0 Å². The number of ether oxygens (including phenoxy) is 1. The number of halogens is 2. The number of pyridine rings is 2. The molecule has 0 fully saturated rings. The van der Waals surface area contributed by atoms with Crippen molar-refractivity contribution in [1.82, 2.24) is 9.97 Å². The molecule has 0 radical (unpaired) electrons. The first-order valence-corrected chi connectivity index (χ1v) is 6.71. The van der Waals surface area contributed by atoms with E-state index in [0.29, 0.717) is 32.5 Å². The summed E-state index contributed by atoms with van der Waals surface area (Å²) < 4.78 is 5.36. The minimum absolute atomic E-state index is 0.333. The van der Waals surface area contributed by atoms with Crippen LogP contribution >= 0.6 is 23.2 Å². The molecule has 100 valence electrons. The predicted molar refractivity (Wildman–Crippen MR) is 81.5 cm³/mol. The molecule has 0 aliphatic heterocycles. The van der Waals surface area contributed by atoms with Gasteiger partial charge in [0.05, 0.1) is 17.6 Å². The largest absolute Gasteiger partial charge is 0.496 e. The van der Waals surface area contributed by atoms with Gasteiger partial charge in [0.1, 0.15) is 16.4 Å². The van der Waals surface area contributed by atoms with E-state index < -0.39 is 0 Å². The molecule has 20 heavy (non-hydrogen) atoms. The van der Waals surface area contributed by atoms with Crippen LogP contribution in [0.4, 0.5) is 0 Å². The zero-order valence-electron chi connectivity index (χ0n) is 10.6. The quantitative estimate of drug-likeness (QED) is 0.648. The Morgan fingerprint density at radius 2 is 1.85 bits per heavy atom. The summed E-state index contributed by atoms with van der Waals surface area (Å²) in [5.74, 6) is 0.688. The molecular formula is C15H10Cl2N2O. The first-order valence-electron chi connectivity index (χ1n) is 5.95. The van der Waals surface area contributed by atoms with E-state index >= 15 is 0 Å². The Bertz CT molecular complexity index is 790. The third kappa shape index (κ3) is 2.09. The van der Waals surface area contributed by atoms with Gasteiger partial charge in [0.25, 0.3) is 0 Å². The highest BCUT2D eigenvalue weighted by atomic mass is 35.5. The standard InChI is InChI=1S/C15H10Cl2N2O/c1-20-11-7-3-2-5-9(11)12-13(16)14-10(19-15(12)17)6-4-8-18-14/h2-8H,1H3. The molecule has 0 saturated carbocycles. The first kappa shape index (κ1) is 13.2. The Balaban J connectivity index is 2.36. The normalized spacial score (nSPS) is 10.8. The minimum atomic E-state index is 0.333. The van der Waals surface area contributed by atoms with E-state index in [4.69, 9.17) is 27.9 Å². The van der Waals surface area contributed by atoms with Crippen molar-refractivity contribution in [3.8, 4) is 16.9 Å². The van der Waals surface area contributed by atoms with Crippen molar-refractivity contribution in [1.29, 1.82) is 0 Å². The van der Waals surface area contributed by atoms with Crippen LogP contribution in [0.2, 0.25) is 10.2 Å². The highest BCUT2D eigenvalue weighted by molar-refractivity contribution is 6.41. The number of benzene rings is 1. The van der Waals surface area contributed by atoms with Crippen LogP contribution in [0.15, 0.2) is 42.6 Å². The van der Waals surface area contributed by atoms with Crippen LogP contribution in [0, 0.1) is 0 Å². The summed E-state index contributed by atoms with van der Waals surface area (Å²) >= 11 is 12.8. The van der Waals surface area contributed by atoms with Gasteiger partial charge in [-0.2, -0.15) is 0 Å². The molecule has 2 aromatic heterocycles. The van der Waals surface area contributed by atoms with Crippen LogP contribution in [-0.4, -0.2) is 17.1 Å². The predicted octanol–water partition coefficient (Wildman–Crippen LogP) is 4.61. The zero-order chi connectivity index (χ0) is 14.1. The highest BCUT2D eigenvalue weighted by Crippen LogP contribution is 2.41. The zero-order valence-corrected chi connectivity index (χ0v) is 12.1. The van der Waals surface area contributed by atoms with Crippen molar-refractivity contribution >= 4 is 34.2 Å². The lowest BCUT2D eigenvalue weighted by molar-refractivity contribution is 0.416. The van der Waals surface area contributed by atoms with Gasteiger partial charge in [-0.3, -0.25) is 4.98 Å². The number of hydrogen-bond donors (Lipinski definition) is 0. The summed E-state index contributed by atoms with van der Waals surface area (Å²) in [6, 6.07) is 11.1. The Morgan fingerprint density at radius 1 is 1.05 bits per heavy atom. The second-order valence-corrected chi connectivity index (χ2v) is 4.90. The molecule has 0 spiro atoms. The molecule has 0 N–H and O–H groups in total. The van der Waals surface area contributed by atoms with Gasteiger partial charge in [-0.05, 0) is 18.2 Å². The lowest BCUT2D eigenvalue weighted by Gasteiger charge is -2.12. The first-order chi connectivity index (χ1) is 9.72. The monoisotopic (exact) mass is 304 g/mol. The molecule has 0 aliphatic carbocycles. The van der Waals surface area contributed by atoms with Gasteiger partial charge < -0.3 is 4.74 Å². The maximum atomic E-state index is 6.47. The van der Waals surface area contributed by atoms with Crippen LogP contribution in [0.25, 0.3) is 22.2 Å². The van der Waals surface area contributed by atoms with E-state index in [1.165, 1.54) is 0 Å². The molecule has 0 saturated heterocycles. The molecule has 0 atom stereocenters. The van der Waals surface area contributed by atoms with Crippen LogP contribution in [0.1, 0.15) is 0 Å². The van der Waals surface area contributed by atoms with Crippen molar-refractivity contribution in [2.75, 3.05) is 7.11 Å². The number of fused-ring (bicyclic) bond motifs is 1. The van der Waals surface area contributed by atoms with Gasteiger partial charge >= 0.3 is 0 Å². The van der Waals surface area contributed by atoms with Gasteiger partial charge in [-0.1, -0.05) is 41.4 Å². The average molecular weight is 305 g/mol. The average Bonchev–Trinajstić information content (AvgIpc) is 2.48. The fraction of sp³-hybridized carbons (Fsp3) is 0.0667. The summed E-state index contributed by atoms with van der Waals surface area (Å²) in [4.78, 5) is 8.62. The van der Waals surface area contributed by atoms with Crippen molar-refractivity contribution in [2.24, 2.45) is 0 Å². The van der Waals surface area contributed by atoms with Gasteiger partial charge in [-0.15, -0.1) is 0 Å². The van der Waals surface area contributed by atoms with Gasteiger partial charge in [0.15, 0.2) is 0 Å². The second-order valence-electron chi connectivity index (χ2n) is 4.16. The summed E-state index contributed by atoms with van der Waals surface area (Å²) in [6.45, 7) is 0. The third-order valence-corrected chi connectivity index (χ3v) is 3.66. The molecule has 5 heteroatoms. The number of para-hydroxylation sites is 1. The number of aromatic nitrogens is 2. The summed E-state index contributed by atoms with van der Waals surface area (Å²) in [5.41, 5.74) is 2.72. The Hall–Kier alpha value is -1.84. The summed E-state index contributed by atoms with van der Waals surface area (Å²) in [6.07, 6.45) is 1.68. The summed E-state index contributed by atoms with van der Waals surface area (Å²) in [5, 5.41) is 0.810. The molecule has 3 rings (SSSR count). The number of hydrogen-bond acceptors (Lipinski definition) is 3. The lowest BCUT2D eigenvalue weighted by Crippen LogP contribution is -1.93. The lowest BCUT2D eigenvalue weighted by atomic mass is 10.1. The third-order valence-electron chi connectivity index (χ3n) is 3.02. The van der Waals surface area contributed by atoms with Crippen molar-refractivity contribution in [2.45, 2.75) is 0 Å². The van der Waals surface area contributed by atoms with E-state index in [2.05, 4.69) is 9.97 Å². The van der Waals surface area contributed by atoms with E-state index in [9.17, 15) is 0 Å². The fourth-order valence-electron chi connectivity index (χ4n) is 2.11. The molecule has 0 amide bonds. The van der Waals surface area contributed by atoms with Crippen molar-refractivity contribution in [3.05, 3.63) is 52.8 Å². The minimum Gasteiger partial charge on any atom is -0.496 e.